The van der Waals surface area contributed by atoms with E-state index in [-0.39, 0.29) is 10.6 Å². The normalized spacial score (nSPS) is 10.5. The minimum absolute atomic E-state index is 0.0605. The maximum Gasteiger partial charge on any atom is 0.279 e. The lowest BCUT2D eigenvalue weighted by Crippen LogP contribution is -2.29. The number of hydrogen-bond acceptors (Lipinski definition) is 4. The molecule has 0 radical (unpaired) electrons. The molecule has 0 aliphatic heterocycles. The van der Waals surface area contributed by atoms with Crippen LogP contribution in [-0.4, -0.2) is 11.0 Å². The second kappa shape index (κ2) is 3.69. The number of amides is 1. The highest BCUT2D eigenvalue weighted by Crippen LogP contribution is 2.37. The van der Waals surface area contributed by atoms with Gasteiger partial charge in [-0.1, -0.05) is 11.6 Å². The molecule has 0 saturated heterocycles. The van der Waals surface area contributed by atoms with E-state index < -0.39 is 5.91 Å². The number of fused-ring (bicyclic) bond motifs is 1. The van der Waals surface area contributed by atoms with E-state index in [1.54, 1.807) is 18.2 Å². The lowest BCUT2D eigenvalue weighted by Gasteiger charge is -1.95. The van der Waals surface area contributed by atoms with Crippen molar-refractivity contribution < 1.29 is 9.90 Å². The van der Waals surface area contributed by atoms with Crippen LogP contribution in [0, 0.1) is 0 Å². The fraction of sp³-hybridized carbons (Fsp3) is 0. The van der Waals surface area contributed by atoms with Gasteiger partial charge >= 0.3 is 0 Å². The molecule has 4 nitrogen and oxygen atoms in total. The molecule has 2 rings (SSSR count). The summed E-state index contributed by atoms with van der Waals surface area (Å²) in [5.74, 6) is 4.42. The van der Waals surface area contributed by atoms with E-state index in [9.17, 15) is 9.90 Å². The molecular formula is C9H7ClN2O2S. The zero-order valence-electron chi connectivity index (χ0n) is 7.45. The van der Waals surface area contributed by atoms with Gasteiger partial charge in [0, 0.05) is 15.1 Å². The Kier molecular flexibility index (Phi) is 2.52. The third-order valence-corrected chi connectivity index (χ3v) is 3.34. The molecule has 0 spiro atoms. The average Bonchev–Trinajstić information content (AvgIpc) is 2.54. The average molecular weight is 243 g/mol. The highest BCUT2D eigenvalue weighted by molar-refractivity contribution is 7.21. The van der Waals surface area contributed by atoms with Crippen LogP contribution in [0.15, 0.2) is 18.2 Å². The van der Waals surface area contributed by atoms with Crippen LogP contribution >= 0.6 is 22.9 Å². The Hall–Kier alpha value is -1.30. The Morgan fingerprint density at radius 2 is 2.27 bits per heavy atom. The van der Waals surface area contributed by atoms with Crippen LogP contribution < -0.4 is 11.3 Å². The molecule has 0 aliphatic carbocycles. The van der Waals surface area contributed by atoms with Gasteiger partial charge in [-0.25, -0.2) is 5.84 Å². The summed E-state index contributed by atoms with van der Waals surface area (Å²) in [6.45, 7) is 0. The number of carbonyl (C=O) groups excluding carboxylic acids is 1. The Labute approximate surface area is 94.2 Å². The number of hydrogen-bond donors (Lipinski definition) is 3. The van der Waals surface area contributed by atoms with E-state index in [4.69, 9.17) is 17.4 Å². The second-order valence-electron chi connectivity index (χ2n) is 2.89. The van der Waals surface area contributed by atoms with E-state index in [1.165, 1.54) is 0 Å². The number of halogens is 1. The van der Waals surface area contributed by atoms with Crippen molar-refractivity contribution in [2.24, 2.45) is 5.84 Å². The molecule has 1 aromatic heterocycles. The Morgan fingerprint density at radius 3 is 2.93 bits per heavy atom. The summed E-state index contributed by atoms with van der Waals surface area (Å²) < 4.78 is 0.749. The molecule has 78 valence electrons. The number of nitrogens with one attached hydrogen (secondary N) is 1. The summed E-state index contributed by atoms with van der Waals surface area (Å²) in [6.07, 6.45) is 0. The SMILES string of the molecule is NNC(=O)c1sc2cc(Cl)ccc2c1O. The minimum atomic E-state index is -0.509. The number of thiophene rings is 1. The molecule has 0 fully saturated rings. The summed E-state index contributed by atoms with van der Waals surface area (Å²) in [7, 11) is 0. The third kappa shape index (κ3) is 1.65. The van der Waals surface area contributed by atoms with Gasteiger partial charge in [0.2, 0.25) is 0 Å². The molecule has 6 heteroatoms. The molecule has 0 atom stereocenters. The van der Waals surface area contributed by atoms with Crippen LogP contribution in [0.25, 0.3) is 10.1 Å². The maximum absolute atomic E-state index is 11.3. The van der Waals surface area contributed by atoms with E-state index >= 15 is 0 Å². The molecular weight excluding hydrogens is 236 g/mol. The van der Waals surface area contributed by atoms with Gasteiger partial charge in [0.15, 0.2) is 0 Å². The highest BCUT2D eigenvalue weighted by Gasteiger charge is 2.16. The first kappa shape index (κ1) is 10.2. The van der Waals surface area contributed by atoms with E-state index in [0.717, 1.165) is 16.0 Å². The predicted octanol–water partition coefficient (Wildman–Crippen LogP) is 1.86. The number of carbonyl (C=O) groups is 1. The summed E-state index contributed by atoms with van der Waals surface area (Å²) in [4.78, 5) is 11.5. The van der Waals surface area contributed by atoms with Crippen LogP contribution in [-0.2, 0) is 0 Å². The highest BCUT2D eigenvalue weighted by atomic mass is 35.5. The van der Waals surface area contributed by atoms with Crippen LogP contribution in [0.5, 0.6) is 5.75 Å². The molecule has 1 amide bonds. The standard InChI is InChI=1S/C9H7ClN2O2S/c10-4-1-2-5-6(3-4)15-8(7(5)13)9(14)12-11/h1-3,13H,11H2,(H,12,14). The fourth-order valence-corrected chi connectivity index (χ4v) is 2.55. The zero-order chi connectivity index (χ0) is 11.0. The molecule has 0 bridgehead atoms. The van der Waals surface area contributed by atoms with Gasteiger partial charge < -0.3 is 5.11 Å². The molecule has 0 aliphatic rings. The molecule has 0 saturated carbocycles. The van der Waals surface area contributed by atoms with Crippen molar-refractivity contribution in [3.8, 4) is 5.75 Å². The van der Waals surface area contributed by atoms with E-state index in [2.05, 4.69) is 0 Å². The Balaban J connectivity index is 2.69. The number of rotatable bonds is 1. The predicted molar refractivity (Wildman–Crippen MR) is 60.2 cm³/mol. The number of nitrogens with two attached hydrogens (primary N) is 1. The molecule has 0 unspecified atom stereocenters. The van der Waals surface area contributed by atoms with E-state index in [1.807, 2.05) is 5.43 Å². The molecule has 2 aromatic rings. The maximum atomic E-state index is 11.3. The van der Waals surface area contributed by atoms with Crippen molar-refractivity contribution >= 4 is 38.9 Å². The van der Waals surface area contributed by atoms with Crippen molar-refractivity contribution in [2.75, 3.05) is 0 Å². The first-order valence-electron chi connectivity index (χ1n) is 4.05. The largest absolute Gasteiger partial charge is 0.506 e. The van der Waals surface area contributed by atoms with E-state index in [0.29, 0.717) is 10.4 Å². The van der Waals surface area contributed by atoms with Gasteiger partial charge in [-0.3, -0.25) is 10.2 Å². The van der Waals surface area contributed by atoms with Crippen LogP contribution in [0.2, 0.25) is 5.02 Å². The Morgan fingerprint density at radius 1 is 1.53 bits per heavy atom. The number of nitrogen functional groups attached to an aromatic ring is 1. The summed E-state index contributed by atoms with van der Waals surface area (Å²) in [6, 6.07) is 5.01. The van der Waals surface area contributed by atoms with Gasteiger partial charge in [-0.05, 0) is 18.2 Å². The van der Waals surface area contributed by atoms with Crippen LogP contribution in [0.1, 0.15) is 9.67 Å². The number of benzene rings is 1. The quantitative estimate of drug-likeness (QED) is 0.406. The second-order valence-corrected chi connectivity index (χ2v) is 4.38. The first-order valence-corrected chi connectivity index (χ1v) is 5.25. The van der Waals surface area contributed by atoms with Crippen molar-refractivity contribution in [2.45, 2.75) is 0 Å². The summed E-state index contributed by atoms with van der Waals surface area (Å²) >= 11 is 6.94. The van der Waals surface area contributed by atoms with Crippen molar-refractivity contribution in [3.05, 3.63) is 28.1 Å². The molecule has 1 heterocycles. The van der Waals surface area contributed by atoms with Crippen LogP contribution in [0.4, 0.5) is 0 Å². The van der Waals surface area contributed by atoms with Gasteiger partial charge in [0.05, 0.1) is 0 Å². The topological polar surface area (TPSA) is 75.3 Å². The lowest BCUT2D eigenvalue weighted by atomic mass is 10.2. The lowest BCUT2D eigenvalue weighted by molar-refractivity contribution is 0.0955. The fourth-order valence-electron chi connectivity index (χ4n) is 1.28. The molecule has 4 N–H and O–H groups in total. The van der Waals surface area contributed by atoms with Crippen LogP contribution in [0.3, 0.4) is 0 Å². The Bertz CT molecular complexity index is 538. The summed E-state index contributed by atoms with van der Waals surface area (Å²) in [5, 5.41) is 10.9. The third-order valence-electron chi connectivity index (χ3n) is 1.96. The van der Waals surface area contributed by atoms with Crippen molar-refractivity contribution in [1.82, 2.24) is 5.43 Å². The summed E-state index contributed by atoms with van der Waals surface area (Å²) in [5.41, 5.74) is 1.98. The van der Waals surface area contributed by atoms with Gasteiger partial charge in [-0.2, -0.15) is 0 Å². The van der Waals surface area contributed by atoms with Crippen molar-refractivity contribution in [3.63, 3.8) is 0 Å². The zero-order valence-corrected chi connectivity index (χ0v) is 9.02. The van der Waals surface area contributed by atoms with Gasteiger partial charge in [0.25, 0.3) is 5.91 Å². The number of aromatic hydroxyl groups is 1. The number of hydrazine groups is 1. The smallest absolute Gasteiger partial charge is 0.279 e. The minimum Gasteiger partial charge on any atom is -0.506 e. The van der Waals surface area contributed by atoms with Gasteiger partial charge in [-0.15, -0.1) is 11.3 Å². The van der Waals surface area contributed by atoms with Crippen molar-refractivity contribution in [1.29, 1.82) is 0 Å². The molecule has 15 heavy (non-hydrogen) atoms. The first-order chi connectivity index (χ1) is 7.13. The molecule has 1 aromatic carbocycles. The van der Waals surface area contributed by atoms with Gasteiger partial charge in [0.1, 0.15) is 10.6 Å². The monoisotopic (exact) mass is 242 g/mol.